The number of anilines is 1. The van der Waals surface area contributed by atoms with E-state index in [1.54, 1.807) is 6.07 Å². The van der Waals surface area contributed by atoms with Crippen molar-refractivity contribution >= 4 is 23.1 Å². The second kappa shape index (κ2) is 4.74. The van der Waals surface area contributed by atoms with Crippen LogP contribution in [0.2, 0.25) is 5.02 Å². The molecule has 2 aromatic carbocycles. The largest absolute Gasteiger partial charge is 0.399 e. The summed E-state index contributed by atoms with van der Waals surface area (Å²) in [5, 5.41) is 0.207. The Morgan fingerprint density at radius 2 is 1.78 bits per heavy atom. The van der Waals surface area contributed by atoms with Crippen LogP contribution in [0.5, 0.6) is 0 Å². The fourth-order valence-electron chi connectivity index (χ4n) is 1.51. The molecule has 5 heteroatoms. The van der Waals surface area contributed by atoms with Crippen LogP contribution in [0.15, 0.2) is 36.4 Å². The Morgan fingerprint density at radius 3 is 2.44 bits per heavy atom. The molecule has 0 bridgehead atoms. The van der Waals surface area contributed by atoms with Crippen molar-refractivity contribution in [2.24, 2.45) is 0 Å². The highest BCUT2D eigenvalue weighted by molar-refractivity contribution is 6.35. The zero-order valence-corrected chi connectivity index (χ0v) is 9.84. The molecule has 0 saturated carbocycles. The summed E-state index contributed by atoms with van der Waals surface area (Å²) in [5.74, 6) is -2.60. The molecule has 0 atom stereocenters. The minimum absolute atomic E-state index is 0.0152. The number of benzene rings is 2. The molecule has 2 nitrogen and oxygen atoms in total. The van der Waals surface area contributed by atoms with Crippen molar-refractivity contribution in [2.45, 2.75) is 0 Å². The van der Waals surface area contributed by atoms with Crippen LogP contribution in [-0.4, -0.2) is 5.78 Å². The van der Waals surface area contributed by atoms with Gasteiger partial charge in [-0.05, 0) is 36.4 Å². The van der Waals surface area contributed by atoms with Crippen LogP contribution in [0.25, 0.3) is 0 Å². The van der Waals surface area contributed by atoms with Gasteiger partial charge in [0.15, 0.2) is 17.4 Å². The molecule has 0 unspecified atom stereocenters. The summed E-state index contributed by atoms with van der Waals surface area (Å²) in [6.45, 7) is 0. The summed E-state index contributed by atoms with van der Waals surface area (Å²) in [5.41, 5.74) is 6.09. The first kappa shape index (κ1) is 12.5. The molecule has 0 fully saturated rings. The zero-order valence-electron chi connectivity index (χ0n) is 9.08. The summed E-state index contributed by atoms with van der Waals surface area (Å²) in [6.07, 6.45) is 0. The Labute approximate surface area is 107 Å². The van der Waals surface area contributed by atoms with E-state index in [1.807, 2.05) is 0 Å². The van der Waals surface area contributed by atoms with Crippen LogP contribution < -0.4 is 5.73 Å². The number of hydrogen-bond acceptors (Lipinski definition) is 2. The minimum atomic E-state index is -1.08. The molecule has 18 heavy (non-hydrogen) atoms. The highest BCUT2D eigenvalue weighted by atomic mass is 35.5. The van der Waals surface area contributed by atoms with E-state index < -0.39 is 17.4 Å². The van der Waals surface area contributed by atoms with Crippen molar-refractivity contribution in [1.82, 2.24) is 0 Å². The molecule has 0 aliphatic rings. The topological polar surface area (TPSA) is 43.1 Å². The lowest BCUT2D eigenvalue weighted by Gasteiger charge is -2.05. The number of carbonyl (C=O) groups is 1. The van der Waals surface area contributed by atoms with Gasteiger partial charge >= 0.3 is 0 Å². The summed E-state index contributed by atoms with van der Waals surface area (Å²) in [4.78, 5) is 12.1. The summed E-state index contributed by atoms with van der Waals surface area (Å²) in [7, 11) is 0. The molecule has 0 aliphatic heterocycles. The van der Waals surface area contributed by atoms with Crippen molar-refractivity contribution in [3.63, 3.8) is 0 Å². The monoisotopic (exact) mass is 267 g/mol. The van der Waals surface area contributed by atoms with Crippen molar-refractivity contribution < 1.29 is 13.6 Å². The third-order valence-electron chi connectivity index (χ3n) is 2.42. The van der Waals surface area contributed by atoms with E-state index in [0.717, 1.165) is 12.1 Å². The lowest BCUT2D eigenvalue weighted by molar-refractivity contribution is 0.103. The molecule has 0 aliphatic carbocycles. The Kier molecular flexibility index (Phi) is 3.30. The van der Waals surface area contributed by atoms with Crippen molar-refractivity contribution in [2.75, 3.05) is 5.73 Å². The van der Waals surface area contributed by atoms with E-state index in [0.29, 0.717) is 5.69 Å². The second-order valence-corrected chi connectivity index (χ2v) is 4.10. The third-order valence-corrected chi connectivity index (χ3v) is 2.75. The van der Waals surface area contributed by atoms with Crippen molar-refractivity contribution in [3.8, 4) is 0 Å². The Balaban J connectivity index is 2.47. The lowest BCUT2D eigenvalue weighted by Crippen LogP contribution is -2.04. The van der Waals surface area contributed by atoms with Gasteiger partial charge in [0.1, 0.15) is 0 Å². The molecule has 92 valence electrons. The van der Waals surface area contributed by atoms with Crippen molar-refractivity contribution in [1.29, 1.82) is 0 Å². The molecule has 0 heterocycles. The van der Waals surface area contributed by atoms with Crippen LogP contribution in [-0.2, 0) is 0 Å². The van der Waals surface area contributed by atoms with Gasteiger partial charge in [-0.25, -0.2) is 8.78 Å². The van der Waals surface area contributed by atoms with Crippen LogP contribution in [0.1, 0.15) is 15.9 Å². The minimum Gasteiger partial charge on any atom is -0.399 e. The second-order valence-electron chi connectivity index (χ2n) is 3.70. The average Bonchev–Trinajstić information content (AvgIpc) is 2.35. The van der Waals surface area contributed by atoms with Crippen molar-refractivity contribution in [3.05, 3.63) is 64.2 Å². The fraction of sp³-hybridized carbons (Fsp3) is 0. The number of rotatable bonds is 2. The van der Waals surface area contributed by atoms with Gasteiger partial charge in [-0.3, -0.25) is 4.79 Å². The van der Waals surface area contributed by atoms with Gasteiger partial charge in [0.05, 0.1) is 5.02 Å². The zero-order chi connectivity index (χ0) is 13.3. The average molecular weight is 268 g/mol. The number of halogens is 3. The number of carbonyl (C=O) groups excluding carboxylic acids is 1. The highest BCUT2D eigenvalue weighted by Crippen LogP contribution is 2.22. The summed E-state index contributed by atoms with van der Waals surface area (Å²) in [6, 6.07) is 7.33. The number of ketones is 1. The quantitative estimate of drug-likeness (QED) is 0.669. The van der Waals surface area contributed by atoms with E-state index >= 15 is 0 Å². The van der Waals surface area contributed by atoms with Gasteiger partial charge in [0.2, 0.25) is 0 Å². The maximum absolute atomic E-state index is 13.1. The number of nitrogens with two attached hydrogens (primary N) is 1. The first-order valence-electron chi connectivity index (χ1n) is 5.04. The summed E-state index contributed by atoms with van der Waals surface area (Å²) >= 11 is 5.87. The van der Waals surface area contributed by atoms with E-state index in [2.05, 4.69) is 0 Å². The highest BCUT2D eigenvalue weighted by Gasteiger charge is 2.15. The lowest BCUT2D eigenvalue weighted by atomic mass is 10.0. The standard InChI is InChI=1S/C13H8ClF2NO/c14-10-3-2-8(17)6-9(10)13(18)7-1-4-11(15)12(16)5-7/h1-6H,17H2. The smallest absolute Gasteiger partial charge is 0.194 e. The van der Waals surface area contributed by atoms with Crippen LogP contribution >= 0.6 is 11.6 Å². The van der Waals surface area contributed by atoms with E-state index in [9.17, 15) is 13.6 Å². The predicted molar refractivity (Wildman–Crippen MR) is 65.7 cm³/mol. The van der Waals surface area contributed by atoms with E-state index in [1.165, 1.54) is 18.2 Å². The molecule has 0 radical (unpaired) electrons. The van der Waals surface area contributed by atoms with Gasteiger partial charge in [0.25, 0.3) is 0 Å². The van der Waals surface area contributed by atoms with Crippen LogP contribution in [0, 0.1) is 11.6 Å². The van der Waals surface area contributed by atoms with Gasteiger partial charge in [-0.1, -0.05) is 11.6 Å². The molecule has 2 N–H and O–H groups in total. The Morgan fingerprint density at radius 1 is 1.06 bits per heavy atom. The molecule has 0 spiro atoms. The van der Waals surface area contributed by atoms with Gasteiger partial charge in [-0.2, -0.15) is 0 Å². The predicted octanol–water partition coefficient (Wildman–Crippen LogP) is 3.43. The normalized spacial score (nSPS) is 10.4. The van der Waals surface area contributed by atoms with Gasteiger partial charge < -0.3 is 5.73 Å². The van der Waals surface area contributed by atoms with E-state index in [-0.39, 0.29) is 16.1 Å². The first-order valence-corrected chi connectivity index (χ1v) is 5.41. The fourth-order valence-corrected chi connectivity index (χ4v) is 1.71. The molecule has 2 rings (SSSR count). The molecule has 0 saturated heterocycles. The Hall–Kier alpha value is -1.94. The maximum Gasteiger partial charge on any atom is 0.194 e. The van der Waals surface area contributed by atoms with Crippen LogP contribution in [0.3, 0.4) is 0 Å². The van der Waals surface area contributed by atoms with Gasteiger partial charge in [-0.15, -0.1) is 0 Å². The molecule has 0 aromatic heterocycles. The summed E-state index contributed by atoms with van der Waals surface area (Å²) < 4.78 is 25.8. The van der Waals surface area contributed by atoms with Gasteiger partial charge in [0, 0.05) is 16.8 Å². The van der Waals surface area contributed by atoms with Crippen LogP contribution in [0.4, 0.5) is 14.5 Å². The third kappa shape index (κ3) is 2.33. The molecular formula is C13H8ClF2NO. The molecule has 0 amide bonds. The van der Waals surface area contributed by atoms with E-state index in [4.69, 9.17) is 17.3 Å². The molecular weight excluding hydrogens is 260 g/mol. The molecule has 2 aromatic rings. The first-order chi connectivity index (χ1) is 8.49. The SMILES string of the molecule is Nc1ccc(Cl)c(C(=O)c2ccc(F)c(F)c2)c1. The maximum atomic E-state index is 13.1. The number of hydrogen-bond donors (Lipinski definition) is 1. The number of nitrogen functional groups attached to an aromatic ring is 1. The Bertz CT molecular complexity index is 628.